The zero-order chi connectivity index (χ0) is 14.3. The number of benzene rings is 2. The van der Waals surface area contributed by atoms with Crippen molar-refractivity contribution in [2.24, 2.45) is 4.99 Å². The summed E-state index contributed by atoms with van der Waals surface area (Å²) < 4.78 is 0. The number of rotatable bonds is 1. The molecule has 0 fully saturated rings. The number of nitrogens with zero attached hydrogens (tertiary/aromatic N) is 2. The summed E-state index contributed by atoms with van der Waals surface area (Å²) in [6.45, 7) is 4.07. The molecule has 3 rings (SSSR count). The molecule has 0 N–H and O–H groups in total. The Balaban J connectivity index is 2.20. The molecule has 3 heteroatoms. The fourth-order valence-electron chi connectivity index (χ4n) is 2.55. The van der Waals surface area contributed by atoms with Crippen molar-refractivity contribution in [3.8, 4) is 0 Å². The molecule has 3 nitrogen and oxygen atoms in total. The van der Waals surface area contributed by atoms with E-state index in [1.54, 1.807) is 11.9 Å². The third kappa shape index (κ3) is 1.83. The number of carbonyl (C=O) groups excluding carboxylic acids is 1. The molecule has 2 aromatic carbocycles. The molecule has 0 aliphatic carbocycles. The van der Waals surface area contributed by atoms with E-state index in [0.717, 1.165) is 33.8 Å². The van der Waals surface area contributed by atoms with E-state index in [1.165, 1.54) is 0 Å². The Morgan fingerprint density at radius 1 is 0.900 bits per heavy atom. The van der Waals surface area contributed by atoms with E-state index in [1.807, 2.05) is 56.3 Å². The van der Waals surface area contributed by atoms with Gasteiger partial charge in [-0.25, -0.2) is 4.99 Å². The predicted molar refractivity (Wildman–Crippen MR) is 80.6 cm³/mol. The summed E-state index contributed by atoms with van der Waals surface area (Å²) in [6, 6.07) is 13.7. The summed E-state index contributed by atoms with van der Waals surface area (Å²) in [5.41, 5.74) is 4.80. The van der Waals surface area contributed by atoms with Crippen molar-refractivity contribution in [2.75, 3.05) is 7.05 Å². The summed E-state index contributed by atoms with van der Waals surface area (Å²) in [7, 11) is 1.77. The maximum atomic E-state index is 12.2. The van der Waals surface area contributed by atoms with E-state index in [4.69, 9.17) is 4.99 Å². The summed E-state index contributed by atoms with van der Waals surface area (Å²) in [5, 5.41) is 0. The number of fused-ring (bicyclic) bond motifs is 1. The van der Waals surface area contributed by atoms with Crippen LogP contribution in [0.1, 0.15) is 27.0 Å². The standard InChI is InChI=1S/C17H16N2O/c1-11-7-6-8-12(2)15(11)18-16-13-9-4-5-10-14(13)17(20)19(16)3/h4-10H,1-3H3. The first-order valence-electron chi connectivity index (χ1n) is 6.62. The molecule has 0 bridgehead atoms. The van der Waals surface area contributed by atoms with Gasteiger partial charge in [0.1, 0.15) is 5.84 Å². The minimum Gasteiger partial charge on any atom is -0.295 e. The number of carbonyl (C=O) groups is 1. The molecule has 1 aliphatic rings. The molecule has 2 aromatic rings. The summed E-state index contributed by atoms with van der Waals surface area (Å²) >= 11 is 0. The molecule has 0 unspecified atom stereocenters. The molecule has 0 atom stereocenters. The van der Waals surface area contributed by atoms with Crippen LogP contribution in [-0.4, -0.2) is 23.7 Å². The lowest BCUT2D eigenvalue weighted by molar-refractivity contribution is 0.0882. The van der Waals surface area contributed by atoms with Crippen LogP contribution in [0.5, 0.6) is 0 Å². The number of amides is 1. The van der Waals surface area contributed by atoms with Gasteiger partial charge in [-0.1, -0.05) is 36.4 Å². The maximum Gasteiger partial charge on any atom is 0.259 e. The first-order valence-corrected chi connectivity index (χ1v) is 6.62. The van der Waals surface area contributed by atoms with E-state index in [-0.39, 0.29) is 5.91 Å². The third-order valence-corrected chi connectivity index (χ3v) is 3.68. The lowest BCUT2D eigenvalue weighted by Crippen LogP contribution is -2.25. The molecule has 0 aromatic heterocycles. The fraction of sp³-hybridized carbons (Fsp3) is 0.176. The third-order valence-electron chi connectivity index (χ3n) is 3.68. The number of aliphatic imine (C=N–C) groups is 1. The highest BCUT2D eigenvalue weighted by molar-refractivity contribution is 6.23. The second-order valence-corrected chi connectivity index (χ2v) is 5.09. The molecule has 100 valence electrons. The van der Waals surface area contributed by atoms with Crippen LogP contribution in [0.4, 0.5) is 5.69 Å². The lowest BCUT2D eigenvalue weighted by atomic mass is 10.1. The number of aryl methyl sites for hydroxylation is 2. The molecule has 20 heavy (non-hydrogen) atoms. The zero-order valence-corrected chi connectivity index (χ0v) is 11.8. The Bertz CT molecular complexity index is 711. The van der Waals surface area contributed by atoms with Crippen molar-refractivity contribution in [2.45, 2.75) is 13.8 Å². The number of para-hydroxylation sites is 1. The van der Waals surface area contributed by atoms with E-state index >= 15 is 0 Å². The van der Waals surface area contributed by atoms with Gasteiger partial charge in [0.05, 0.1) is 11.3 Å². The van der Waals surface area contributed by atoms with E-state index < -0.39 is 0 Å². The van der Waals surface area contributed by atoms with Gasteiger partial charge in [-0.15, -0.1) is 0 Å². The van der Waals surface area contributed by atoms with Gasteiger partial charge in [0.15, 0.2) is 0 Å². The maximum absolute atomic E-state index is 12.2. The molecule has 1 heterocycles. The van der Waals surface area contributed by atoms with E-state index in [0.29, 0.717) is 0 Å². The normalized spacial score (nSPS) is 15.8. The minimum absolute atomic E-state index is 0.00517. The SMILES string of the molecule is Cc1cccc(C)c1N=C1c2ccccc2C(=O)N1C. The Kier molecular flexibility index (Phi) is 2.90. The molecule has 1 aliphatic heterocycles. The molecule has 1 amide bonds. The van der Waals surface area contributed by atoms with Crippen LogP contribution >= 0.6 is 0 Å². The summed E-state index contributed by atoms with van der Waals surface area (Å²) in [5.74, 6) is 0.730. The molecule has 0 radical (unpaired) electrons. The number of hydrogen-bond acceptors (Lipinski definition) is 2. The summed E-state index contributed by atoms with van der Waals surface area (Å²) in [6.07, 6.45) is 0. The van der Waals surface area contributed by atoms with Crippen LogP contribution in [0.25, 0.3) is 0 Å². The van der Waals surface area contributed by atoms with Gasteiger partial charge >= 0.3 is 0 Å². The van der Waals surface area contributed by atoms with Crippen LogP contribution in [0.15, 0.2) is 47.5 Å². The van der Waals surface area contributed by atoms with Gasteiger partial charge in [0.25, 0.3) is 5.91 Å². The minimum atomic E-state index is 0.00517. The zero-order valence-electron chi connectivity index (χ0n) is 11.8. The smallest absolute Gasteiger partial charge is 0.259 e. The van der Waals surface area contributed by atoms with Gasteiger partial charge in [-0.05, 0) is 31.0 Å². The largest absolute Gasteiger partial charge is 0.295 e. The van der Waals surface area contributed by atoms with Crippen LogP contribution in [0.2, 0.25) is 0 Å². The van der Waals surface area contributed by atoms with Crippen molar-refractivity contribution in [1.29, 1.82) is 0 Å². The molecule has 0 spiro atoms. The van der Waals surface area contributed by atoms with Crippen LogP contribution in [-0.2, 0) is 0 Å². The molecule has 0 saturated carbocycles. The second kappa shape index (κ2) is 4.60. The average molecular weight is 264 g/mol. The van der Waals surface area contributed by atoms with Crippen molar-refractivity contribution in [1.82, 2.24) is 4.90 Å². The van der Waals surface area contributed by atoms with Gasteiger partial charge in [0, 0.05) is 12.6 Å². The Labute approximate surface area is 118 Å². The number of amidine groups is 1. The van der Waals surface area contributed by atoms with Crippen LogP contribution in [0, 0.1) is 13.8 Å². The second-order valence-electron chi connectivity index (χ2n) is 5.09. The van der Waals surface area contributed by atoms with E-state index in [2.05, 4.69) is 0 Å². The number of hydrogen-bond donors (Lipinski definition) is 0. The van der Waals surface area contributed by atoms with Gasteiger partial charge in [-0.2, -0.15) is 0 Å². The quantitative estimate of drug-likeness (QED) is 0.776. The lowest BCUT2D eigenvalue weighted by Gasteiger charge is -2.12. The average Bonchev–Trinajstić information content (AvgIpc) is 2.68. The summed E-state index contributed by atoms with van der Waals surface area (Å²) in [4.78, 5) is 18.6. The van der Waals surface area contributed by atoms with Crippen LogP contribution in [0.3, 0.4) is 0 Å². The Hall–Kier alpha value is -2.42. The highest BCUT2D eigenvalue weighted by atomic mass is 16.2. The van der Waals surface area contributed by atoms with Gasteiger partial charge < -0.3 is 0 Å². The Morgan fingerprint density at radius 3 is 2.15 bits per heavy atom. The van der Waals surface area contributed by atoms with Crippen molar-refractivity contribution in [3.63, 3.8) is 0 Å². The fourth-order valence-corrected chi connectivity index (χ4v) is 2.55. The van der Waals surface area contributed by atoms with Crippen molar-refractivity contribution >= 4 is 17.4 Å². The van der Waals surface area contributed by atoms with Gasteiger partial charge in [0.2, 0.25) is 0 Å². The molecule has 0 saturated heterocycles. The highest BCUT2D eigenvalue weighted by Gasteiger charge is 2.30. The van der Waals surface area contributed by atoms with E-state index in [9.17, 15) is 4.79 Å². The molecular weight excluding hydrogens is 248 g/mol. The monoisotopic (exact) mass is 264 g/mol. The first kappa shape index (κ1) is 12.6. The predicted octanol–water partition coefficient (Wildman–Crippen LogP) is 3.47. The molecular formula is C17H16N2O. The van der Waals surface area contributed by atoms with Gasteiger partial charge in [-0.3, -0.25) is 9.69 Å². The van der Waals surface area contributed by atoms with Crippen LogP contribution < -0.4 is 0 Å². The van der Waals surface area contributed by atoms with Crippen molar-refractivity contribution in [3.05, 3.63) is 64.7 Å². The highest BCUT2D eigenvalue weighted by Crippen LogP contribution is 2.28. The topological polar surface area (TPSA) is 32.7 Å². The Morgan fingerprint density at radius 2 is 1.50 bits per heavy atom. The first-order chi connectivity index (χ1) is 9.59. The van der Waals surface area contributed by atoms with Crippen molar-refractivity contribution < 1.29 is 4.79 Å².